The number of carbonyl (C=O) groups excluding carboxylic acids is 2. The minimum Gasteiger partial charge on any atom is -0.493 e. The number of benzene rings is 2. The molecule has 2 N–H and O–H groups in total. The molecular weight excluding hydrogens is 467 g/mol. The van der Waals surface area contributed by atoms with Crippen molar-refractivity contribution < 1.29 is 23.8 Å². The molecular formula is C24H26Cl2N2O5. The number of rotatable bonds is 9. The van der Waals surface area contributed by atoms with Crippen molar-refractivity contribution in [1.82, 2.24) is 10.6 Å². The van der Waals surface area contributed by atoms with E-state index in [4.69, 9.17) is 37.4 Å². The highest BCUT2D eigenvalue weighted by molar-refractivity contribution is 6.42. The Labute approximate surface area is 203 Å². The molecule has 0 bridgehead atoms. The lowest BCUT2D eigenvalue weighted by Gasteiger charge is -2.29. The smallest absolute Gasteiger partial charge is 0.337 e. The number of hydrogen-bond acceptors (Lipinski definition) is 5. The van der Waals surface area contributed by atoms with E-state index in [2.05, 4.69) is 10.6 Å². The summed E-state index contributed by atoms with van der Waals surface area (Å²) in [6, 6.07) is 9.46. The van der Waals surface area contributed by atoms with Crippen LogP contribution in [-0.2, 0) is 16.1 Å². The van der Waals surface area contributed by atoms with Crippen molar-refractivity contribution in [3.05, 3.63) is 68.8 Å². The van der Waals surface area contributed by atoms with Gasteiger partial charge in [-0.25, -0.2) is 9.59 Å². The summed E-state index contributed by atoms with van der Waals surface area (Å²) >= 11 is 12.0. The van der Waals surface area contributed by atoms with E-state index in [1.54, 1.807) is 30.3 Å². The Hall–Kier alpha value is -2.90. The molecule has 0 fully saturated rings. The van der Waals surface area contributed by atoms with Crippen LogP contribution in [0.4, 0.5) is 4.79 Å². The summed E-state index contributed by atoms with van der Waals surface area (Å²) in [6.07, 6.45) is 2.31. The molecule has 0 aromatic heterocycles. The first kappa shape index (κ1) is 24.7. The van der Waals surface area contributed by atoms with E-state index in [9.17, 15) is 9.59 Å². The Morgan fingerprint density at radius 1 is 1.06 bits per heavy atom. The van der Waals surface area contributed by atoms with Crippen LogP contribution in [0.3, 0.4) is 0 Å². The SMILES string of the molecule is CCCCC1=C(C(=O)OC)C(c2ccc(OCc3ccc(Cl)c(Cl)c3)c(OC)c2)NC(=O)N1. The number of ether oxygens (including phenoxy) is 3. The van der Waals surface area contributed by atoms with Crippen molar-refractivity contribution in [2.45, 2.75) is 38.8 Å². The Bertz CT molecular complexity index is 1070. The monoisotopic (exact) mass is 492 g/mol. The zero-order chi connectivity index (χ0) is 24.0. The van der Waals surface area contributed by atoms with Gasteiger partial charge in [0.05, 0.1) is 35.9 Å². The predicted octanol–water partition coefficient (Wildman–Crippen LogP) is 5.55. The average Bonchev–Trinajstić information content (AvgIpc) is 2.82. The quantitative estimate of drug-likeness (QED) is 0.448. The lowest BCUT2D eigenvalue weighted by molar-refractivity contribution is -0.136. The highest BCUT2D eigenvalue weighted by atomic mass is 35.5. The Morgan fingerprint density at radius 2 is 1.85 bits per heavy atom. The van der Waals surface area contributed by atoms with E-state index in [0.717, 1.165) is 18.4 Å². The fourth-order valence-electron chi connectivity index (χ4n) is 3.54. The maximum atomic E-state index is 12.6. The van der Waals surface area contributed by atoms with Gasteiger partial charge < -0.3 is 24.8 Å². The number of esters is 1. The summed E-state index contributed by atoms with van der Waals surface area (Å²) in [7, 11) is 2.84. The molecule has 1 aliphatic heterocycles. The zero-order valence-corrected chi connectivity index (χ0v) is 20.2. The first-order valence-electron chi connectivity index (χ1n) is 10.5. The van der Waals surface area contributed by atoms with Crippen molar-refractivity contribution in [2.24, 2.45) is 0 Å². The van der Waals surface area contributed by atoms with Crippen LogP contribution in [0, 0.1) is 0 Å². The zero-order valence-electron chi connectivity index (χ0n) is 18.7. The molecule has 1 atom stereocenters. The number of unbranched alkanes of at least 4 members (excludes halogenated alkanes) is 1. The van der Waals surface area contributed by atoms with Crippen LogP contribution in [0.25, 0.3) is 0 Å². The van der Waals surface area contributed by atoms with E-state index < -0.39 is 12.0 Å². The molecule has 2 amide bonds. The van der Waals surface area contributed by atoms with Gasteiger partial charge in [0, 0.05) is 5.70 Å². The molecule has 0 saturated heterocycles. The van der Waals surface area contributed by atoms with E-state index >= 15 is 0 Å². The number of urea groups is 1. The summed E-state index contributed by atoms with van der Waals surface area (Å²) in [6.45, 7) is 2.30. The van der Waals surface area contributed by atoms with Gasteiger partial charge in [0.1, 0.15) is 6.61 Å². The summed E-state index contributed by atoms with van der Waals surface area (Å²) < 4.78 is 16.4. The molecule has 2 aromatic rings. The minimum absolute atomic E-state index is 0.255. The predicted molar refractivity (Wildman–Crippen MR) is 127 cm³/mol. The van der Waals surface area contributed by atoms with Crippen LogP contribution in [0.15, 0.2) is 47.7 Å². The lowest BCUT2D eigenvalue weighted by Crippen LogP contribution is -2.45. The first-order chi connectivity index (χ1) is 15.9. The number of methoxy groups -OCH3 is 2. The molecule has 0 spiro atoms. The van der Waals surface area contributed by atoms with Crippen LogP contribution < -0.4 is 20.1 Å². The molecule has 0 aliphatic carbocycles. The molecule has 1 aliphatic rings. The number of allylic oxidation sites excluding steroid dienone is 1. The van der Waals surface area contributed by atoms with Crippen molar-refractivity contribution in [3.8, 4) is 11.5 Å². The molecule has 3 rings (SSSR count). The second-order valence-corrected chi connectivity index (χ2v) is 8.28. The lowest BCUT2D eigenvalue weighted by atomic mass is 9.93. The van der Waals surface area contributed by atoms with Crippen molar-refractivity contribution in [2.75, 3.05) is 14.2 Å². The maximum absolute atomic E-state index is 12.6. The number of hydrogen-bond donors (Lipinski definition) is 2. The molecule has 7 nitrogen and oxygen atoms in total. The van der Waals surface area contributed by atoms with Gasteiger partial charge in [0.2, 0.25) is 0 Å². The normalized spacial score (nSPS) is 15.5. The molecule has 9 heteroatoms. The second kappa shape index (κ2) is 11.3. The average molecular weight is 493 g/mol. The summed E-state index contributed by atoms with van der Waals surface area (Å²) in [4.78, 5) is 24.9. The van der Waals surface area contributed by atoms with E-state index in [1.165, 1.54) is 14.2 Å². The molecule has 1 unspecified atom stereocenters. The van der Waals surface area contributed by atoms with Crippen LogP contribution in [0.5, 0.6) is 11.5 Å². The number of halogens is 2. The molecule has 0 radical (unpaired) electrons. The Balaban J connectivity index is 1.90. The summed E-state index contributed by atoms with van der Waals surface area (Å²) in [5.74, 6) is 0.458. The van der Waals surface area contributed by atoms with Gasteiger partial charge in [-0.15, -0.1) is 0 Å². The minimum atomic E-state index is -0.684. The van der Waals surface area contributed by atoms with E-state index in [-0.39, 0.29) is 12.6 Å². The van der Waals surface area contributed by atoms with Gasteiger partial charge >= 0.3 is 12.0 Å². The fourth-order valence-corrected chi connectivity index (χ4v) is 3.86. The van der Waals surface area contributed by atoms with E-state index in [1.807, 2.05) is 13.0 Å². The fraction of sp³-hybridized carbons (Fsp3) is 0.333. The van der Waals surface area contributed by atoms with Crippen molar-refractivity contribution >= 4 is 35.2 Å². The van der Waals surface area contributed by atoms with Crippen molar-refractivity contribution in [1.29, 1.82) is 0 Å². The summed E-state index contributed by atoms with van der Waals surface area (Å²) in [5, 5.41) is 6.49. The maximum Gasteiger partial charge on any atom is 0.337 e. The number of amides is 2. The van der Waals surface area contributed by atoms with Gasteiger partial charge in [0.15, 0.2) is 11.5 Å². The van der Waals surface area contributed by atoms with Gasteiger partial charge in [-0.1, -0.05) is 48.7 Å². The highest BCUT2D eigenvalue weighted by Crippen LogP contribution is 2.36. The van der Waals surface area contributed by atoms with Gasteiger partial charge in [-0.05, 0) is 48.2 Å². The molecule has 0 saturated carbocycles. The van der Waals surface area contributed by atoms with Crippen LogP contribution in [-0.4, -0.2) is 26.2 Å². The van der Waals surface area contributed by atoms with Crippen LogP contribution in [0.2, 0.25) is 10.0 Å². The van der Waals surface area contributed by atoms with Crippen LogP contribution in [0.1, 0.15) is 43.4 Å². The van der Waals surface area contributed by atoms with Gasteiger partial charge in [-0.2, -0.15) is 0 Å². The van der Waals surface area contributed by atoms with Gasteiger partial charge in [-0.3, -0.25) is 0 Å². The highest BCUT2D eigenvalue weighted by Gasteiger charge is 2.33. The Morgan fingerprint density at radius 3 is 2.52 bits per heavy atom. The molecule has 176 valence electrons. The van der Waals surface area contributed by atoms with Crippen molar-refractivity contribution in [3.63, 3.8) is 0 Å². The van der Waals surface area contributed by atoms with E-state index in [0.29, 0.717) is 44.8 Å². The number of nitrogens with one attached hydrogen (secondary N) is 2. The molecule has 1 heterocycles. The Kier molecular flexibility index (Phi) is 8.47. The topological polar surface area (TPSA) is 85.9 Å². The molecule has 2 aromatic carbocycles. The first-order valence-corrected chi connectivity index (χ1v) is 11.3. The molecule has 33 heavy (non-hydrogen) atoms. The largest absolute Gasteiger partial charge is 0.493 e. The number of carbonyl (C=O) groups is 2. The third-order valence-electron chi connectivity index (χ3n) is 5.24. The third kappa shape index (κ3) is 5.92. The standard InChI is InChI=1S/C24H26Cl2N2O5/c1-4-5-6-18-21(23(29)32-3)22(28-24(30)27-18)15-8-10-19(20(12-15)31-2)33-13-14-7-9-16(25)17(26)11-14/h7-12,22H,4-6,13H2,1-3H3,(H2,27,28,30). The summed E-state index contributed by atoms with van der Waals surface area (Å²) in [5.41, 5.74) is 2.45. The van der Waals surface area contributed by atoms with Crippen LogP contribution >= 0.6 is 23.2 Å². The van der Waals surface area contributed by atoms with Gasteiger partial charge in [0.25, 0.3) is 0 Å². The second-order valence-electron chi connectivity index (χ2n) is 7.47. The third-order valence-corrected chi connectivity index (χ3v) is 5.98.